The van der Waals surface area contributed by atoms with E-state index in [0.717, 1.165) is 25.3 Å². The summed E-state index contributed by atoms with van der Waals surface area (Å²) in [7, 11) is -8.73. The molecule has 4 aliphatic rings. The van der Waals surface area contributed by atoms with E-state index in [9.17, 15) is 31.3 Å². The zero-order valence-corrected chi connectivity index (χ0v) is 25.7. The summed E-state index contributed by atoms with van der Waals surface area (Å²) in [5.74, 6) is -0.597. The third kappa shape index (κ3) is 6.71. The van der Waals surface area contributed by atoms with E-state index in [1.165, 1.54) is 24.3 Å². The average Bonchev–Trinajstić information content (AvgIpc) is 2.89. The summed E-state index contributed by atoms with van der Waals surface area (Å²) < 4.78 is 79.9. The van der Waals surface area contributed by atoms with Gasteiger partial charge in [-0.3, -0.25) is 0 Å². The van der Waals surface area contributed by atoms with Gasteiger partial charge in [-0.15, -0.1) is 0 Å². The Kier molecular flexibility index (Phi) is 8.42. The largest absolute Gasteiger partial charge is 0.861 e. The second-order valence-electron chi connectivity index (χ2n) is 11.0. The van der Waals surface area contributed by atoms with E-state index in [4.69, 9.17) is 14.2 Å². The van der Waals surface area contributed by atoms with Crippen LogP contribution >= 0.6 is 22.6 Å². The van der Waals surface area contributed by atoms with Gasteiger partial charge in [-0.25, -0.2) is 13.2 Å². The van der Waals surface area contributed by atoms with Gasteiger partial charge in [0.25, 0.3) is 10.0 Å². The van der Waals surface area contributed by atoms with Crippen molar-refractivity contribution in [3.05, 3.63) is 52.1 Å². The quantitative estimate of drug-likeness (QED) is 0.0841. The summed E-state index contributed by atoms with van der Waals surface area (Å²) in [6, 6.07) is 11.4. The summed E-state index contributed by atoms with van der Waals surface area (Å²) in [5, 5.41) is 13.4. The normalized spacial score (nSPS) is 27.5. The molecule has 41 heavy (non-hydrogen) atoms. The van der Waals surface area contributed by atoms with E-state index >= 15 is 0 Å². The first-order valence-electron chi connectivity index (χ1n) is 13.0. The zero-order valence-electron chi connectivity index (χ0n) is 21.9. The van der Waals surface area contributed by atoms with Crippen LogP contribution < -0.4 is 9.84 Å². The number of rotatable bonds is 11. The van der Waals surface area contributed by atoms with Crippen molar-refractivity contribution in [2.45, 2.75) is 53.9 Å². The fraction of sp³-hybridized carbons (Fsp3) is 0.481. The van der Waals surface area contributed by atoms with Gasteiger partial charge >= 0.3 is 5.97 Å². The molecule has 0 aromatic heterocycles. The Hall–Kier alpha value is -2.27. The molecule has 4 fully saturated rings. The molecule has 0 N–H and O–H groups in total. The second-order valence-corrected chi connectivity index (χ2v) is 15.1. The minimum absolute atomic E-state index is 0.0167. The lowest BCUT2D eigenvalue weighted by Gasteiger charge is -2.62. The Labute approximate surface area is 252 Å². The predicted octanol–water partition coefficient (Wildman–Crippen LogP) is 2.62. The number of nitrogens with zero attached hydrogens (tertiary/aromatic N) is 1. The van der Waals surface area contributed by atoms with Crippen molar-refractivity contribution in [1.29, 1.82) is 0 Å². The average molecular weight is 718 g/mol. The number of hydrogen-bond donors (Lipinski definition) is 0. The van der Waals surface area contributed by atoms with Crippen LogP contribution in [0.2, 0.25) is 0 Å². The number of sulfonamides is 1. The van der Waals surface area contributed by atoms with Crippen LogP contribution in [0.1, 0.15) is 38.5 Å². The Morgan fingerprint density at radius 3 is 2.32 bits per heavy atom. The molecule has 2 atom stereocenters. The highest BCUT2D eigenvalue weighted by atomic mass is 127. The van der Waals surface area contributed by atoms with E-state index in [1.807, 2.05) is 0 Å². The van der Waals surface area contributed by atoms with Crippen LogP contribution in [-0.2, 0) is 34.4 Å². The first-order valence-corrected chi connectivity index (χ1v) is 17.0. The van der Waals surface area contributed by atoms with Crippen molar-refractivity contribution < 1.29 is 45.5 Å². The number of carbonyl (C=O) groups is 1. The SMILES string of the molecule is O=C(COc1ccc(S(=O)(=O)[O-])c(I)c1)OCCOC12CC3CC(C1)CC(/C([O-])=N/S(=O)(=O)c1ccccc1)(C3)C2. The number of carbonyl (C=O) groups excluding carboxylic acids is 1. The van der Waals surface area contributed by atoms with Crippen molar-refractivity contribution in [2.75, 3.05) is 19.8 Å². The summed E-state index contributed by atoms with van der Waals surface area (Å²) >= 11 is 1.70. The van der Waals surface area contributed by atoms with Gasteiger partial charge < -0.3 is 23.9 Å². The van der Waals surface area contributed by atoms with Crippen molar-refractivity contribution in [1.82, 2.24) is 0 Å². The monoisotopic (exact) mass is 717 g/mol. The number of esters is 1. The summed E-state index contributed by atoms with van der Waals surface area (Å²) in [5.41, 5.74) is -1.48. The maximum absolute atomic E-state index is 13.4. The van der Waals surface area contributed by atoms with Gasteiger partial charge in [0.1, 0.15) is 22.5 Å². The summed E-state index contributed by atoms with van der Waals surface area (Å²) in [4.78, 5) is 11.8. The van der Waals surface area contributed by atoms with E-state index in [2.05, 4.69) is 4.40 Å². The molecule has 11 nitrogen and oxygen atoms in total. The molecule has 0 radical (unpaired) electrons. The van der Waals surface area contributed by atoms with Crippen LogP contribution in [0, 0.1) is 20.8 Å². The van der Waals surface area contributed by atoms with Crippen molar-refractivity contribution >= 4 is 54.6 Å². The smallest absolute Gasteiger partial charge is 0.344 e. The molecule has 6 rings (SSSR count). The summed E-state index contributed by atoms with van der Waals surface area (Å²) in [6.07, 6.45) is 4.05. The molecule has 0 heterocycles. The lowest BCUT2D eigenvalue weighted by molar-refractivity contribution is -0.256. The maximum Gasteiger partial charge on any atom is 0.344 e. The molecule has 2 unspecified atom stereocenters. The second kappa shape index (κ2) is 11.4. The highest BCUT2D eigenvalue weighted by Gasteiger charge is 2.58. The van der Waals surface area contributed by atoms with Gasteiger partial charge in [0, 0.05) is 8.99 Å². The molecule has 4 aliphatic carbocycles. The molecule has 0 saturated heterocycles. The molecular weight excluding hydrogens is 689 g/mol. The minimum atomic E-state index is -4.61. The van der Waals surface area contributed by atoms with Crippen molar-refractivity contribution in [2.24, 2.45) is 21.6 Å². The Balaban J connectivity index is 1.16. The topological polar surface area (TPSA) is 172 Å². The van der Waals surface area contributed by atoms with E-state index in [-0.39, 0.29) is 44.2 Å². The van der Waals surface area contributed by atoms with Crippen molar-refractivity contribution in [3.63, 3.8) is 0 Å². The Morgan fingerprint density at radius 1 is 1.00 bits per heavy atom. The first-order chi connectivity index (χ1) is 19.3. The predicted molar refractivity (Wildman–Crippen MR) is 150 cm³/mol. The van der Waals surface area contributed by atoms with Gasteiger partial charge in [-0.2, -0.15) is 12.8 Å². The standard InChI is InChI=1S/C27H30INO10S2/c28-22-11-20(6-7-23(22)41(34,35)36)38-16-24(30)37-8-9-39-27-14-18-10-19(15-27)13-26(12-18,17-27)25(31)29-40(32,33)21-4-2-1-3-5-21/h1-7,11,18-19H,8-10,12-17H2,(H,29,31)(H,34,35,36)/p-2. The van der Waals surface area contributed by atoms with Gasteiger partial charge in [0.15, 0.2) is 6.61 Å². The maximum atomic E-state index is 13.4. The van der Waals surface area contributed by atoms with E-state index in [0.29, 0.717) is 19.3 Å². The number of hydrogen-bond acceptors (Lipinski definition) is 10. The number of halogens is 1. The van der Waals surface area contributed by atoms with Crippen LogP contribution in [0.15, 0.2) is 62.7 Å². The molecule has 0 spiro atoms. The lowest BCUT2D eigenvalue weighted by Crippen LogP contribution is -2.61. The third-order valence-electron chi connectivity index (χ3n) is 7.99. The molecule has 0 aliphatic heterocycles. The molecule has 4 bridgehead atoms. The number of benzene rings is 2. The van der Waals surface area contributed by atoms with Crippen LogP contribution in [0.5, 0.6) is 5.75 Å². The molecule has 2 aromatic carbocycles. The van der Waals surface area contributed by atoms with Gasteiger partial charge in [-0.1, -0.05) is 18.2 Å². The van der Waals surface area contributed by atoms with E-state index < -0.39 is 49.6 Å². The molecule has 2 aromatic rings. The fourth-order valence-corrected chi connectivity index (χ4v) is 9.67. The zero-order chi connectivity index (χ0) is 29.5. The molecule has 14 heteroatoms. The highest BCUT2D eigenvalue weighted by molar-refractivity contribution is 14.1. The van der Waals surface area contributed by atoms with E-state index in [1.54, 1.807) is 40.8 Å². The molecule has 222 valence electrons. The lowest BCUT2D eigenvalue weighted by atomic mass is 9.47. The Morgan fingerprint density at radius 2 is 1.68 bits per heavy atom. The molecule has 0 amide bonds. The van der Waals surface area contributed by atoms with Crippen LogP contribution in [0.4, 0.5) is 0 Å². The van der Waals surface area contributed by atoms with Crippen LogP contribution in [-0.4, -0.2) is 58.7 Å². The van der Waals surface area contributed by atoms with Crippen molar-refractivity contribution in [3.8, 4) is 5.75 Å². The number of ether oxygens (including phenoxy) is 3. The molecular formula is C27H28INO10S2-2. The minimum Gasteiger partial charge on any atom is -0.861 e. The summed E-state index contributed by atoms with van der Waals surface area (Å²) in [6.45, 7) is -0.370. The van der Waals surface area contributed by atoms with Gasteiger partial charge in [-0.05, 0) is 109 Å². The van der Waals surface area contributed by atoms with Gasteiger partial charge in [0.2, 0.25) is 0 Å². The highest BCUT2D eigenvalue weighted by Crippen LogP contribution is 2.62. The van der Waals surface area contributed by atoms with Gasteiger partial charge in [0.05, 0.1) is 22.0 Å². The van der Waals surface area contributed by atoms with Crippen LogP contribution in [0.3, 0.4) is 0 Å². The Bertz CT molecular complexity index is 1550. The fourth-order valence-electron chi connectivity index (χ4n) is 6.82. The first kappa shape index (κ1) is 30.2. The third-order valence-corrected chi connectivity index (χ3v) is 11.4. The molecule has 4 saturated carbocycles. The van der Waals surface area contributed by atoms with Crippen LogP contribution in [0.25, 0.3) is 0 Å².